The number of hydrogen-bond donors (Lipinski definition) is 2. The van der Waals surface area contributed by atoms with Gasteiger partial charge in [-0.2, -0.15) is 0 Å². The van der Waals surface area contributed by atoms with Crippen LogP contribution in [0, 0.1) is 0 Å². The normalized spacial score (nSPS) is 14.1. The number of rotatable bonds is 5. The average Bonchev–Trinajstić information content (AvgIpc) is 2.29. The predicted octanol–water partition coefficient (Wildman–Crippen LogP) is 3.06. The first kappa shape index (κ1) is 13.7. The molecule has 5 nitrogen and oxygen atoms in total. The van der Waals surface area contributed by atoms with Gasteiger partial charge in [0.05, 0.1) is 0 Å². The van der Waals surface area contributed by atoms with Gasteiger partial charge in [0.1, 0.15) is 0 Å². The second-order valence-electron chi connectivity index (χ2n) is 3.82. The van der Waals surface area contributed by atoms with Gasteiger partial charge in [-0.1, -0.05) is 18.2 Å². The second-order valence-corrected chi connectivity index (χ2v) is 5.91. The fourth-order valence-corrected chi connectivity index (χ4v) is 2.47. The van der Waals surface area contributed by atoms with Crippen molar-refractivity contribution in [2.75, 3.05) is 12.2 Å². The van der Waals surface area contributed by atoms with Crippen LogP contribution < -0.4 is 10.4 Å². The minimum absolute atomic E-state index is 0.0939. The molecule has 2 N–H and O–H groups in total. The smallest absolute Gasteiger partial charge is 0.344 e. The first-order valence-electron chi connectivity index (χ1n) is 5.28. The maximum Gasteiger partial charge on any atom is 0.380 e. The van der Waals surface area contributed by atoms with Crippen LogP contribution in [0.3, 0.4) is 0 Å². The molecule has 0 spiro atoms. The van der Waals surface area contributed by atoms with Crippen molar-refractivity contribution in [3.63, 3.8) is 0 Å². The van der Waals surface area contributed by atoms with Crippen molar-refractivity contribution >= 4 is 18.9 Å². The molecule has 1 amide bonds. The molecule has 1 rings (SSSR count). The van der Waals surface area contributed by atoms with Crippen LogP contribution in [0.1, 0.15) is 13.8 Å². The molecule has 0 bridgehead atoms. The van der Waals surface area contributed by atoms with Gasteiger partial charge >= 0.3 is 13.2 Å². The third kappa shape index (κ3) is 3.88. The molecule has 1 aromatic carbocycles. The summed E-state index contributed by atoms with van der Waals surface area (Å²) in [5.74, 6) is 0. The minimum atomic E-state index is -3.57. The maximum atomic E-state index is 12.2. The van der Waals surface area contributed by atoms with Crippen molar-refractivity contribution in [3.8, 4) is 0 Å². The van der Waals surface area contributed by atoms with Crippen LogP contribution in [-0.2, 0) is 9.09 Å². The topological polar surface area (TPSA) is 67.4 Å². The van der Waals surface area contributed by atoms with E-state index in [1.807, 2.05) is 6.07 Å². The Morgan fingerprint density at radius 1 is 1.29 bits per heavy atom. The van der Waals surface area contributed by atoms with E-state index in [4.69, 9.17) is 4.52 Å². The number of amides is 1. The minimum Gasteiger partial charge on any atom is -0.344 e. The summed E-state index contributed by atoms with van der Waals surface area (Å²) in [7, 11) is -2.32. The average molecular weight is 256 g/mol. The number of carbonyl (C=O) groups excluding carboxylic acids is 1. The predicted molar refractivity (Wildman–Crippen MR) is 68.3 cm³/mol. The number of anilines is 1. The van der Waals surface area contributed by atoms with E-state index in [-0.39, 0.29) is 6.04 Å². The highest BCUT2D eigenvalue weighted by Gasteiger charge is 2.32. The molecule has 0 heterocycles. The molecule has 1 unspecified atom stereocenters. The van der Waals surface area contributed by atoms with Gasteiger partial charge < -0.3 is 14.9 Å². The molecule has 1 aromatic rings. The van der Waals surface area contributed by atoms with Gasteiger partial charge in [0.15, 0.2) is 0 Å². The largest absolute Gasteiger partial charge is 0.380 e. The molecule has 0 aliphatic rings. The molecular weight excluding hydrogens is 239 g/mol. The second kappa shape index (κ2) is 5.84. The van der Waals surface area contributed by atoms with E-state index in [9.17, 15) is 9.36 Å². The van der Waals surface area contributed by atoms with Crippen molar-refractivity contribution in [2.45, 2.75) is 19.9 Å². The van der Waals surface area contributed by atoms with Crippen LogP contribution in [0.4, 0.5) is 10.5 Å². The summed E-state index contributed by atoms with van der Waals surface area (Å²) < 4.78 is 17.1. The summed E-state index contributed by atoms with van der Waals surface area (Å²) in [6.45, 7) is 3.58. The Hall–Kier alpha value is -1.32. The van der Waals surface area contributed by atoms with E-state index in [2.05, 4.69) is 10.4 Å². The summed E-state index contributed by atoms with van der Waals surface area (Å²) in [4.78, 5) is 11.7. The number of benzene rings is 1. The molecule has 0 saturated heterocycles. The lowest BCUT2D eigenvalue weighted by atomic mass is 10.3. The van der Waals surface area contributed by atoms with E-state index in [0.717, 1.165) is 0 Å². The molecule has 0 aliphatic carbocycles. The highest BCUT2D eigenvalue weighted by Crippen LogP contribution is 2.46. The van der Waals surface area contributed by atoms with Gasteiger partial charge in [0.25, 0.3) is 0 Å². The highest BCUT2D eigenvalue weighted by molar-refractivity contribution is 7.77. The van der Waals surface area contributed by atoms with E-state index in [1.165, 1.54) is 7.11 Å². The number of carbonyl (C=O) groups is 1. The Morgan fingerprint density at radius 3 is 2.35 bits per heavy atom. The third-order valence-corrected chi connectivity index (χ3v) is 3.72. The van der Waals surface area contributed by atoms with E-state index >= 15 is 0 Å². The van der Waals surface area contributed by atoms with Gasteiger partial charge in [-0.25, -0.2) is 0 Å². The van der Waals surface area contributed by atoms with E-state index in [1.54, 1.807) is 38.1 Å². The first-order valence-corrected chi connectivity index (χ1v) is 6.90. The Balaban J connectivity index is 2.83. The maximum absolute atomic E-state index is 12.2. The third-order valence-electron chi connectivity index (χ3n) is 1.99. The fraction of sp³-hybridized carbons (Fsp3) is 0.364. The molecule has 0 aromatic heterocycles. The SMILES string of the molecule is COP(=O)(Nc1ccccc1)C(=O)NC(C)C. The number of hydrogen-bond acceptors (Lipinski definition) is 3. The molecule has 6 heteroatoms. The van der Waals surface area contributed by atoms with Crippen molar-refractivity contribution in [2.24, 2.45) is 0 Å². The zero-order valence-electron chi connectivity index (χ0n) is 10.1. The van der Waals surface area contributed by atoms with Gasteiger partial charge in [-0.15, -0.1) is 0 Å². The summed E-state index contributed by atoms with van der Waals surface area (Å²) >= 11 is 0. The van der Waals surface area contributed by atoms with Crippen LogP contribution in [0.25, 0.3) is 0 Å². The van der Waals surface area contributed by atoms with E-state index in [0.29, 0.717) is 5.69 Å². The number of nitrogens with one attached hydrogen (secondary N) is 2. The highest BCUT2D eigenvalue weighted by atomic mass is 31.2. The molecule has 0 aliphatic heterocycles. The van der Waals surface area contributed by atoms with Crippen LogP contribution >= 0.6 is 7.52 Å². The summed E-state index contributed by atoms with van der Waals surface area (Å²) in [5.41, 5.74) is -0.0459. The lowest BCUT2D eigenvalue weighted by molar-refractivity contribution is 0.251. The molecule has 0 saturated carbocycles. The summed E-state index contributed by atoms with van der Waals surface area (Å²) in [6.07, 6.45) is 0. The first-order chi connectivity index (χ1) is 7.98. The van der Waals surface area contributed by atoms with Crippen molar-refractivity contribution < 1.29 is 13.9 Å². The zero-order chi connectivity index (χ0) is 12.9. The Kier molecular flexibility index (Phi) is 4.73. The fourth-order valence-electron chi connectivity index (χ4n) is 1.19. The van der Waals surface area contributed by atoms with Crippen molar-refractivity contribution in [3.05, 3.63) is 30.3 Å². The zero-order valence-corrected chi connectivity index (χ0v) is 11.0. The summed E-state index contributed by atoms with van der Waals surface area (Å²) in [6, 6.07) is 8.73. The van der Waals surface area contributed by atoms with Crippen LogP contribution in [0.2, 0.25) is 0 Å². The Bertz CT molecular complexity index is 420. The Morgan fingerprint density at radius 2 is 1.88 bits per heavy atom. The van der Waals surface area contributed by atoms with Crippen molar-refractivity contribution in [1.29, 1.82) is 0 Å². The van der Waals surface area contributed by atoms with Gasteiger partial charge in [-0.05, 0) is 26.0 Å². The molecule has 94 valence electrons. The van der Waals surface area contributed by atoms with Gasteiger partial charge in [-0.3, -0.25) is 9.36 Å². The molecule has 0 fully saturated rings. The standard InChI is InChI=1S/C11H17N2O3P/c1-9(2)12-11(14)17(15,16-3)13-10-7-5-4-6-8-10/h4-9H,1-3H3,(H,12,14)(H,13,15). The van der Waals surface area contributed by atoms with Gasteiger partial charge in [0.2, 0.25) is 0 Å². The van der Waals surface area contributed by atoms with Crippen LogP contribution in [-0.4, -0.2) is 18.8 Å². The number of para-hydroxylation sites is 1. The molecule has 0 radical (unpaired) electrons. The monoisotopic (exact) mass is 256 g/mol. The molecule has 17 heavy (non-hydrogen) atoms. The summed E-state index contributed by atoms with van der Waals surface area (Å²) in [5, 5.41) is 5.20. The lowest BCUT2D eigenvalue weighted by Gasteiger charge is -2.19. The van der Waals surface area contributed by atoms with Crippen LogP contribution in [0.5, 0.6) is 0 Å². The lowest BCUT2D eigenvalue weighted by Crippen LogP contribution is -2.30. The Labute approximate surface area is 101 Å². The van der Waals surface area contributed by atoms with Gasteiger partial charge in [0, 0.05) is 18.8 Å². The molecule has 1 atom stereocenters. The van der Waals surface area contributed by atoms with E-state index < -0.39 is 13.2 Å². The quantitative estimate of drug-likeness (QED) is 0.794. The molecular formula is C11H17N2O3P. The van der Waals surface area contributed by atoms with Crippen molar-refractivity contribution in [1.82, 2.24) is 5.32 Å². The van der Waals surface area contributed by atoms with Crippen LogP contribution in [0.15, 0.2) is 30.3 Å².